The largest absolute Gasteiger partial charge is 0.504 e. The van der Waals surface area contributed by atoms with Crippen LogP contribution in [-0.2, 0) is 0 Å². The Morgan fingerprint density at radius 1 is 1.50 bits per heavy atom. The van der Waals surface area contributed by atoms with E-state index in [2.05, 4.69) is 27.8 Å². The third-order valence-corrected chi connectivity index (χ3v) is 1.56. The van der Waals surface area contributed by atoms with E-state index in [-0.39, 0.29) is 5.75 Å². The van der Waals surface area contributed by atoms with Gasteiger partial charge in [0.2, 0.25) is 0 Å². The van der Waals surface area contributed by atoms with Crippen molar-refractivity contribution in [1.82, 2.24) is 0 Å². The molecule has 0 atom stereocenters. The molecule has 0 aromatic heterocycles. The predicted molar refractivity (Wildman–Crippen MR) is 48.7 cm³/mol. The van der Waals surface area contributed by atoms with Crippen LogP contribution in [0.5, 0.6) is 5.75 Å². The Morgan fingerprint density at radius 3 is 2.92 bits per heavy atom. The third kappa shape index (κ3) is 1.99. The van der Waals surface area contributed by atoms with Crippen molar-refractivity contribution in [1.29, 1.82) is 0 Å². The van der Waals surface area contributed by atoms with Gasteiger partial charge in [0.15, 0.2) is 11.6 Å². The number of aromatic hydroxyl groups is 1. The maximum atomic E-state index is 12.7. The molecule has 12 heavy (non-hydrogen) atoms. The first kappa shape index (κ1) is 9.08. The Bertz CT molecular complexity index is 338. The van der Waals surface area contributed by atoms with Crippen molar-refractivity contribution in [3.8, 4) is 17.6 Å². The van der Waals surface area contributed by atoms with Crippen LogP contribution in [0.25, 0.3) is 0 Å². The molecule has 0 aliphatic rings. The molecule has 0 aliphatic carbocycles. The summed E-state index contributed by atoms with van der Waals surface area (Å²) in [6.45, 7) is 0. The van der Waals surface area contributed by atoms with Crippen molar-refractivity contribution < 1.29 is 9.50 Å². The first-order chi connectivity index (χ1) is 5.75. The van der Waals surface area contributed by atoms with E-state index in [1.165, 1.54) is 12.1 Å². The second-order valence-electron chi connectivity index (χ2n) is 2.07. The molecule has 1 N–H and O–H groups in total. The van der Waals surface area contributed by atoms with Gasteiger partial charge in [-0.2, -0.15) is 0 Å². The van der Waals surface area contributed by atoms with Crippen LogP contribution in [0.1, 0.15) is 5.56 Å². The van der Waals surface area contributed by atoms with Crippen molar-refractivity contribution in [2.24, 2.45) is 0 Å². The number of halogens is 2. The van der Waals surface area contributed by atoms with Gasteiger partial charge in [0.05, 0.1) is 10.9 Å². The lowest BCUT2D eigenvalue weighted by Gasteiger charge is -1.96. The monoisotopic (exact) mass is 228 g/mol. The highest BCUT2D eigenvalue weighted by atomic mass is 79.9. The lowest BCUT2D eigenvalue weighted by Crippen LogP contribution is -1.80. The summed E-state index contributed by atoms with van der Waals surface area (Å²) in [6.07, 6.45) is 0. The summed E-state index contributed by atoms with van der Waals surface area (Å²) >= 11 is 3.10. The summed E-state index contributed by atoms with van der Waals surface area (Å²) < 4.78 is 12.7. The Morgan fingerprint density at radius 2 is 2.25 bits per heavy atom. The number of phenols is 1. The van der Waals surface area contributed by atoms with Crippen molar-refractivity contribution >= 4 is 15.9 Å². The van der Waals surface area contributed by atoms with Crippen LogP contribution in [0.15, 0.2) is 18.2 Å². The summed E-state index contributed by atoms with van der Waals surface area (Å²) in [6, 6.07) is 4.26. The Balaban J connectivity index is 3.08. The maximum Gasteiger partial charge on any atom is 0.167 e. The average Bonchev–Trinajstić information content (AvgIpc) is 2.08. The van der Waals surface area contributed by atoms with Gasteiger partial charge in [-0.25, -0.2) is 4.39 Å². The van der Waals surface area contributed by atoms with E-state index >= 15 is 0 Å². The van der Waals surface area contributed by atoms with Crippen molar-refractivity contribution in [2.75, 3.05) is 5.33 Å². The fraction of sp³-hybridized carbons (Fsp3) is 0.111. The molecule has 1 aromatic rings. The quantitative estimate of drug-likeness (QED) is 0.534. The number of para-hydroxylation sites is 1. The summed E-state index contributed by atoms with van der Waals surface area (Å²) in [5, 5.41) is 9.63. The number of hydrogen-bond acceptors (Lipinski definition) is 1. The van der Waals surface area contributed by atoms with Gasteiger partial charge in [-0.3, -0.25) is 0 Å². The highest BCUT2D eigenvalue weighted by Gasteiger charge is 2.02. The molecule has 0 unspecified atom stereocenters. The molecule has 0 spiro atoms. The van der Waals surface area contributed by atoms with Gasteiger partial charge in [0.1, 0.15) is 0 Å². The smallest absolute Gasteiger partial charge is 0.167 e. The van der Waals surface area contributed by atoms with Crippen LogP contribution in [-0.4, -0.2) is 10.4 Å². The van der Waals surface area contributed by atoms with E-state index in [0.717, 1.165) is 0 Å². The molecule has 1 nitrogen and oxygen atoms in total. The molecule has 0 fully saturated rings. The van der Waals surface area contributed by atoms with Crippen molar-refractivity contribution in [3.63, 3.8) is 0 Å². The molecule has 3 heteroatoms. The van der Waals surface area contributed by atoms with Crippen molar-refractivity contribution in [2.45, 2.75) is 0 Å². The zero-order valence-corrected chi connectivity index (χ0v) is 7.73. The highest BCUT2D eigenvalue weighted by Crippen LogP contribution is 2.19. The molecule has 0 radical (unpaired) electrons. The number of alkyl halides is 1. The summed E-state index contributed by atoms with van der Waals surface area (Å²) in [5.74, 6) is 4.26. The highest BCUT2D eigenvalue weighted by molar-refractivity contribution is 9.09. The number of hydrogen-bond donors (Lipinski definition) is 1. The summed E-state index contributed by atoms with van der Waals surface area (Å²) in [7, 11) is 0. The SMILES string of the molecule is Oc1c(F)cccc1C#CCBr. The van der Waals surface area contributed by atoms with Crippen LogP contribution in [0.3, 0.4) is 0 Å². The molecule has 0 saturated carbocycles. The van der Waals surface area contributed by atoms with Gasteiger partial charge in [-0.15, -0.1) is 0 Å². The van der Waals surface area contributed by atoms with E-state index in [9.17, 15) is 4.39 Å². The number of benzene rings is 1. The lowest BCUT2D eigenvalue weighted by molar-refractivity contribution is 0.431. The van der Waals surface area contributed by atoms with Crippen LogP contribution in [0, 0.1) is 17.7 Å². The fourth-order valence-corrected chi connectivity index (χ4v) is 0.885. The number of rotatable bonds is 0. The van der Waals surface area contributed by atoms with Gasteiger partial charge in [-0.1, -0.05) is 33.8 Å². The van der Waals surface area contributed by atoms with Crippen molar-refractivity contribution in [3.05, 3.63) is 29.6 Å². The molecular formula is C9H6BrFO. The average molecular weight is 229 g/mol. The minimum absolute atomic E-state index is 0.314. The molecule has 0 bridgehead atoms. The van der Waals surface area contributed by atoms with Crippen LogP contribution in [0.4, 0.5) is 4.39 Å². The van der Waals surface area contributed by atoms with E-state index in [4.69, 9.17) is 5.11 Å². The number of phenolic OH excluding ortho intramolecular Hbond substituents is 1. The molecule has 0 aliphatic heterocycles. The minimum Gasteiger partial charge on any atom is -0.504 e. The third-order valence-electron chi connectivity index (χ3n) is 1.28. The summed E-state index contributed by atoms with van der Waals surface area (Å²) in [4.78, 5) is 0. The maximum absolute atomic E-state index is 12.7. The first-order valence-electron chi connectivity index (χ1n) is 3.28. The molecule has 62 valence electrons. The molecule has 0 heterocycles. The van der Waals surface area contributed by atoms with Gasteiger partial charge < -0.3 is 5.11 Å². The molecule has 0 saturated heterocycles. The fourth-order valence-electron chi connectivity index (χ4n) is 0.745. The zero-order valence-electron chi connectivity index (χ0n) is 6.14. The normalized spacial score (nSPS) is 8.83. The molecule has 1 rings (SSSR count). The minimum atomic E-state index is -0.642. The van der Waals surface area contributed by atoms with E-state index in [1.807, 2.05) is 0 Å². The predicted octanol–water partition coefficient (Wildman–Crippen LogP) is 2.28. The first-order valence-corrected chi connectivity index (χ1v) is 4.40. The summed E-state index contributed by atoms with van der Waals surface area (Å²) in [5.41, 5.74) is 0.314. The van der Waals surface area contributed by atoms with E-state index in [0.29, 0.717) is 10.9 Å². The van der Waals surface area contributed by atoms with Crippen LogP contribution in [0.2, 0.25) is 0 Å². The molecule has 1 aromatic carbocycles. The standard InChI is InChI=1S/C9H6BrFO/c10-6-2-4-7-3-1-5-8(11)9(7)12/h1,3,5,12H,6H2. The van der Waals surface area contributed by atoms with E-state index in [1.54, 1.807) is 6.07 Å². The Labute approximate surface area is 78.4 Å². The Hall–Kier alpha value is -1.01. The second-order valence-corrected chi connectivity index (χ2v) is 2.63. The second kappa shape index (κ2) is 4.13. The van der Waals surface area contributed by atoms with Crippen LogP contribution >= 0.6 is 15.9 Å². The van der Waals surface area contributed by atoms with E-state index < -0.39 is 5.82 Å². The Kier molecular flexibility index (Phi) is 3.12. The molecular weight excluding hydrogens is 223 g/mol. The zero-order chi connectivity index (χ0) is 8.97. The molecule has 0 amide bonds. The van der Waals surface area contributed by atoms with Gasteiger partial charge in [0.25, 0.3) is 0 Å². The van der Waals surface area contributed by atoms with Gasteiger partial charge in [0, 0.05) is 0 Å². The topological polar surface area (TPSA) is 20.2 Å². The van der Waals surface area contributed by atoms with Crippen LogP contribution < -0.4 is 0 Å². The van der Waals surface area contributed by atoms with Gasteiger partial charge in [-0.05, 0) is 12.1 Å². The lowest BCUT2D eigenvalue weighted by atomic mass is 10.2. The van der Waals surface area contributed by atoms with Gasteiger partial charge >= 0.3 is 0 Å².